The summed E-state index contributed by atoms with van der Waals surface area (Å²) < 4.78 is 0. The molecule has 0 heteroatoms. The molecule has 0 nitrogen and oxygen atoms in total. The Hall–Kier alpha value is -6.24. The van der Waals surface area contributed by atoms with Crippen molar-refractivity contribution in [1.82, 2.24) is 0 Å². The van der Waals surface area contributed by atoms with E-state index in [1.165, 1.54) is 88.0 Å². The minimum Gasteiger partial charge on any atom is -0.0622 e. The van der Waals surface area contributed by atoms with Gasteiger partial charge in [0.2, 0.25) is 0 Å². The highest BCUT2D eigenvalue weighted by Gasteiger charge is 2.22. The van der Waals surface area contributed by atoms with Gasteiger partial charge >= 0.3 is 0 Å². The van der Waals surface area contributed by atoms with Crippen LogP contribution in [0.3, 0.4) is 0 Å². The van der Waals surface area contributed by atoms with Gasteiger partial charge in [0.05, 0.1) is 0 Å². The van der Waals surface area contributed by atoms with Gasteiger partial charge in [0.1, 0.15) is 0 Å². The SMILES string of the molecule is c1ccc(-c2ccc(-c3cccc4c(-c5cccc6ccccc56)c5ccccc5c(-c5ccccc5-c5ccccc5)c34)cc2)cc1. The van der Waals surface area contributed by atoms with Crippen LogP contribution in [-0.2, 0) is 0 Å². The lowest BCUT2D eigenvalue weighted by atomic mass is 9.80. The molecule has 0 aliphatic rings. The van der Waals surface area contributed by atoms with Gasteiger partial charge in [0.25, 0.3) is 0 Å². The summed E-state index contributed by atoms with van der Waals surface area (Å²) in [6, 6.07) is 70.7. The summed E-state index contributed by atoms with van der Waals surface area (Å²) in [5, 5.41) is 7.56. The third-order valence-electron chi connectivity index (χ3n) is 9.69. The van der Waals surface area contributed by atoms with E-state index >= 15 is 0 Å². The van der Waals surface area contributed by atoms with Crippen molar-refractivity contribution >= 4 is 32.3 Å². The monoisotopic (exact) mass is 608 g/mol. The van der Waals surface area contributed by atoms with E-state index in [1.54, 1.807) is 0 Å². The van der Waals surface area contributed by atoms with E-state index in [-0.39, 0.29) is 0 Å². The molecule has 0 heterocycles. The van der Waals surface area contributed by atoms with Crippen LogP contribution < -0.4 is 0 Å². The van der Waals surface area contributed by atoms with Crippen molar-refractivity contribution in [3.8, 4) is 55.6 Å². The molecule has 0 saturated carbocycles. The summed E-state index contributed by atoms with van der Waals surface area (Å²) in [7, 11) is 0. The van der Waals surface area contributed by atoms with Crippen molar-refractivity contribution in [3.05, 3.63) is 194 Å². The molecule has 0 saturated heterocycles. The quantitative estimate of drug-likeness (QED) is 0.171. The van der Waals surface area contributed by atoms with Crippen LogP contribution in [0.1, 0.15) is 0 Å². The third-order valence-corrected chi connectivity index (χ3v) is 9.69. The fraction of sp³-hybridized carbons (Fsp3) is 0. The lowest BCUT2D eigenvalue weighted by Gasteiger charge is -2.22. The van der Waals surface area contributed by atoms with E-state index in [1.807, 2.05) is 0 Å². The number of fused-ring (bicyclic) bond motifs is 3. The Balaban J connectivity index is 1.43. The van der Waals surface area contributed by atoms with Gasteiger partial charge in [-0.05, 0) is 88.0 Å². The smallest absolute Gasteiger partial charge is 0.00139 e. The molecule has 9 aromatic rings. The maximum atomic E-state index is 2.33. The molecule has 48 heavy (non-hydrogen) atoms. The Morgan fingerprint density at radius 3 is 1.40 bits per heavy atom. The van der Waals surface area contributed by atoms with Crippen LogP contribution in [0.4, 0.5) is 0 Å². The first kappa shape index (κ1) is 28.0. The second-order valence-corrected chi connectivity index (χ2v) is 12.4. The predicted octanol–water partition coefficient (Wildman–Crippen LogP) is 13.5. The molecule has 0 aromatic heterocycles. The zero-order valence-corrected chi connectivity index (χ0v) is 26.5. The summed E-state index contributed by atoms with van der Waals surface area (Å²) in [6.07, 6.45) is 0. The second-order valence-electron chi connectivity index (χ2n) is 12.4. The number of benzene rings is 9. The van der Waals surface area contributed by atoms with Gasteiger partial charge in [-0.3, -0.25) is 0 Å². The van der Waals surface area contributed by atoms with E-state index in [2.05, 4.69) is 194 Å². The van der Waals surface area contributed by atoms with Crippen LogP contribution in [0.25, 0.3) is 88.0 Å². The molecule has 0 atom stereocenters. The van der Waals surface area contributed by atoms with E-state index in [4.69, 9.17) is 0 Å². The first-order valence-corrected chi connectivity index (χ1v) is 16.6. The van der Waals surface area contributed by atoms with Crippen molar-refractivity contribution < 1.29 is 0 Å². The standard InChI is InChI=1S/C48H32/c1-3-15-33(16-4-1)34-29-31-37(32-30-34)40-26-14-28-45-46(41-27-13-20-36-19-7-8-21-38(36)41)43-24-11-12-25-44(43)48(47(40)45)42-23-10-9-22-39(42)35-17-5-2-6-18-35/h1-32H. The van der Waals surface area contributed by atoms with Crippen molar-refractivity contribution in [3.63, 3.8) is 0 Å². The minimum atomic E-state index is 1.21. The summed E-state index contributed by atoms with van der Waals surface area (Å²) in [5.41, 5.74) is 12.4. The van der Waals surface area contributed by atoms with Crippen molar-refractivity contribution in [2.45, 2.75) is 0 Å². The zero-order valence-electron chi connectivity index (χ0n) is 26.5. The summed E-state index contributed by atoms with van der Waals surface area (Å²) >= 11 is 0. The summed E-state index contributed by atoms with van der Waals surface area (Å²) in [6.45, 7) is 0. The maximum Gasteiger partial charge on any atom is -0.00139 e. The topological polar surface area (TPSA) is 0 Å². The molecule has 0 spiro atoms. The first-order valence-electron chi connectivity index (χ1n) is 16.6. The second kappa shape index (κ2) is 11.8. The van der Waals surface area contributed by atoms with E-state index < -0.39 is 0 Å². The van der Waals surface area contributed by atoms with Gasteiger partial charge in [-0.2, -0.15) is 0 Å². The molecule has 224 valence electrons. The number of hydrogen-bond acceptors (Lipinski definition) is 0. The minimum absolute atomic E-state index is 1.21. The summed E-state index contributed by atoms with van der Waals surface area (Å²) in [4.78, 5) is 0. The van der Waals surface area contributed by atoms with Crippen LogP contribution >= 0.6 is 0 Å². The Bertz CT molecular complexity index is 2570. The molecule has 0 fully saturated rings. The molecular weight excluding hydrogens is 577 g/mol. The van der Waals surface area contributed by atoms with Gasteiger partial charge in [0.15, 0.2) is 0 Å². The number of hydrogen-bond donors (Lipinski definition) is 0. The van der Waals surface area contributed by atoms with Gasteiger partial charge in [0, 0.05) is 0 Å². The van der Waals surface area contributed by atoms with Gasteiger partial charge < -0.3 is 0 Å². The van der Waals surface area contributed by atoms with Crippen LogP contribution in [-0.4, -0.2) is 0 Å². The van der Waals surface area contributed by atoms with Gasteiger partial charge in [-0.25, -0.2) is 0 Å². The fourth-order valence-corrected chi connectivity index (χ4v) is 7.53. The molecule has 0 amide bonds. The lowest BCUT2D eigenvalue weighted by Crippen LogP contribution is -1.95. The molecule has 0 bridgehead atoms. The Morgan fingerprint density at radius 1 is 0.208 bits per heavy atom. The highest BCUT2D eigenvalue weighted by atomic mass is 14.2. The molecule has 0 N–H and O–H groups in total. The van der Waals surface area contributed by atoms with Crippen molar-refractivity contribution in [2.75, 3.05) is 0 Å². The van der Waals surface area contributed by atoms with Crippen molar-refractivity contribution in [1.29, 1.82) is 0 Å². The zero-order chi connectivity index (χ0) is 31.9. The molecule has 0 unspecified atom stereocenters. The van der Waals surface area contributed by atoms with Crippen LogP contribution in [0, 0.1) is 0 Å². The highest BCUT2D eigenvalue weighted by molar-refractivity contribution is 6.27. The molecule has 9 aromatic carbocycles. The normalized spacial score (nSPS) is 11.3. The molecular formula is C48H32. The van der Waals surface area contributed by atoms with Crippen LogP contribution in [0.15, 0.2) is 194 Å². The molecule has 0 radical (unpaired) electrons. The largest absolute Gasteiger partial charge is 0.0622 e. The first-order chi connectivity index (χ1) is 23.8. The van der Waals surface area contributed by atoms with Crippen LogP contribution in [0.5, 0.6) is 0 Å². The van der Waals surface area contributed by atoms with Gasteiger partial charge in [-0.1, -0.05) is 194 Å². The molecule has 9 rings (SSSR count). The Morgan fingerprint density at radius 2 is 0.646 bits per heavy atom. The van der Waals surface area contributed by atoms with Crippen molar-refractivity contribution in [2.24, 2.45) is 0 Å². The maximum absolute atomic E-state index is 2.33. The predicted molar refractivity (Wildman–Crippen MR) is 206 cm³/mol. The van der Waals surface area contributed by atoms with Crippen LogP contribution in [0.2, 0.25) is 0 Å². The average Bonchev–Trinajstić information content (AvgIpc) is 3.17. The highest BCUT2D eigenvalue weighted by Crippen LogP contribution is 2.49. The Kier molecular flexibility index (Phi) is 6.91. The molecule has 0 aliphatic carbocycles. The average molecular weight is 609 g/mol. The lowest BCUT2D eigenvalue weighted by molar-refractivity contribution is 1.59. The van der Waals surface area contributed by atoms with E-state index in [9.17, 15) is 0 Å². The van der Waals surface area contributed by atoms with E-state index in [0.29, 0.717) is 0 Å². The summed E-state index contributed by atoms with van der Waals surface area (Å²) in [5.74, 6) is 0. The Labute approximate surface area is 281 Å². The molecule has 0 aliphatic heterocycles. The van der Waals surface area contributed by atoms with Gasteiger partial charge in [-0.15, -0.1) is 0 Å². The third kappa shape index (κ3) is 4.70. The fourth-order valence-electron chi connectivity index (χ4n) is 7.53. The van der Waals surface area contributed by atoms with E-state index in [0.717, 1.165) is 0 Å². The number of rotatable bonds is 5.